The first kappa shape index (κ1) is 52.3. The molecule has 4 aliphatic rings. The molecule has 0 aromatic rings. The van der Waals surface area contributed by atoms with Gasteiger partial charge >= 0.3 is 5.97 Å². The topological polar surface area (TPSA) is 208 Å². The number of rotatable bonds is 3. The zero-order valence-electron chi connectivity index (χ0n) is 38.8. The minimum Gasteiger partial charge on any atom is -0.460 e. The molecule has 5 N–H and O–H groups in total. The summed E-state index contributed by atoms with van der Waals surface area (Å²) in [7, 11) is 0. The van der Waals surface area contributed by atoms with Gasteiger partial charge in [0.1, 0.15) is 23.7 Å². The lowest BCUT2D eigenvalue weighted by Crippen LogP contribution is -2.61. The van der Waals surface area contributed by atoms with Crippen molar-refractivity contribution in [3.63, 3.8) is 0 Å². The molecule has 354 valence electrons. The zero-order chi connectivity index (χ0) is 46.6. The highest BCUT2D eigenvalue weighted by atomic mass is 16.6. The van der Waals surface area contributed by atoms with E-state index in [2.05, 4.69) is 0 Å². The minimum atomic E-state index is -2.48. The fourth-order valence-electron chi connectivity index (χ4n) is 9.65. The van der Waals surface area contributed by atoms with Crippen molar-refractivity contribution in [2.24, 2.45) is 35.5 Å². The summed E-state index contributed by atoms with van der Waals surface area (Å²) in [6.45, 7) is 12.6. The Morgan fingerprint density at radius 3 is 2.16 bits per heavy atom. The van der Waals surface area contributed by atoms with E-state index in [1.807, 2.05) is 39.0 Å². The van der Waals surface area contributed by atoms with Crippen molar-refractivity contribution in [3.8, 4) is 0 Å². The first-order valence-corrected chi connectivity index (χ1v) is 23.6. The Morgan fingerprint density at radius 2 is 1.46 bits per heavy atom. The van der Waals surface area contributed by atoms with Crippen molar-refractivity contribution in [3.05, 3.63) is 47.6 Å². The number of fused-ring (bicyclic) bond motifs is 3. The van der Waals surface area contributed by atoms with Gasteiger partial charge in [0, 0.05) is 50.0 Å². The molecule has 0 radical (unpaired) electrons. The molecule has 13 heteroatoms. The highest BCUT2D eigenvalue weighted by molar-refractivity contribution is 6.39. The van der Waals surface area contributed by atoms with Gasteiger partial charge in [0.2, 0.25) is 5.79 Å². The summed E-state index contributed by atoms with van der Waals surface area (Å²) in [5.74, 6) is -7.53. The van der Waals surface area contributed by atoms with Crippen LogP contribution in [0.1, 0.15) is 145 Å². The van der Waals surface area contributed by atoms with Crippen molar-refractivity contribution in [2.75, 3.05) is 6.54 Å². The number of carbonyl (C=O) groups is 5. The van der Waals surface area contributed by atoms with E-state index in [1.54, 1.807) is 45.9 Å². The third-order valence-electron chi connectivity index (χ3n) is 14.1. The number of amides is 1. The van der Waals surface area contributed by atoms with Gasteiger partial charge in [0.15, 0.2) is 0 Å². The predicted octanol–water partition coefficient (Wildman–Crippen LogP) is 6.03. The summed E-state index contributed by atoms with van der Waals surface area (Å²) in [6.07, 6.45) is 11.6. The highest BCUT2D eigenvalue weighted by Crippen LogP contribution is 2.37. The van der Waals surface area contributed by atoms with Gasteiger partial charge in [-0.2, -0.15) is 0 Å². The molecule has 0 aromatic carbocycles. The van der Waals surface area contributed by atoms with Crippen molar-refractivity contribution in [2.45, 2.75) is 193 Å². The molecule has 0 aromatic heterocycles. The molecule has 3 fully saturated rings. The molecular weight excluding hydrogens is 807 g/mol. The van der Waals surface area contributed by atoms with Gasteiger partial charge in [0.25, 0.3) is 11.7 Å². The van der Waals surface area contributed by atoms with E-state index in [-0.39, 0.29) is 80.0 Å². The number of ether oxygens (including phenoxy) is 2. The van der Waals surface area contributed by atoms with E-state index in [0.29, 0.717) is 62.5 Å². The van der Waals surface area contributed by atoms with Crippen LogP contribution < -0.4 is 0 Å². The average molecular weight is 884 g/mol. The Kier molecular flexibility index (Phi) is 20.1. The van der Waals surface area contributed by atoms with Crippen molar-refractivity contribution >= 4 is 29.2 Å². The number of aliphatic hydroxyl groups excluding tert-OH is 4. The molecule has 13 nitrogen and oxygen atoms in total. The van der Waals surface area contributed by atoms with E-state index in [9.17, 15) is 49.5 Å². The Balaban J connectivity index is 1.62. The van der Waals surface area contributed by atoms with Crippen LogP contribution in [0.15, 0.2) is 47.6 Å². The second-order valence-corrected chi connectivity index (χ2v) is 19.6. The summed E-state index contributed by atoms with van der Waals surface area (Å²) >= 11 is 0. The van der Waals surface area contributed by atoms with E-state index < -0.39 is 71.8 Å². The number of Topliss-reactive ketones (excluding diaryl/α,β-unsaturated/α-hetero) is 3. The number of cyclic esters (lactones) is 1. The quantitative estimate of drug-likeness (QED) is 0.125. The molecule has 63 heavy (non-hydrogen) atoms. The number of hydrogen-bond acceptors (Lipinski definition) is 12. The Bertz CT molecular complexity index is 1690. The lowest BCUT2D eigenvalue weighted by molar-refractivity contribution is -0.265. The SMILES string of the molecule is C/C1=C\[C@@H](C)C(=O)CC(O)C[C@@H]([C@H](C)CC2CCC(O)CC2)OC(=O)[C@@H]2CCCCN2C(=O)C(=O)[C@]2(O)O[C@@H](CC[C@H]2C)C[C@H](O)/C(C)=C/C=C/C=C/[C@@H](C)C[C@H](C)C(=O)C[C@@H]1O. The highest BCUT2D eigenvalue weighted by Gasteiger charge is 2.53. The van der Waals surface area contributed by atoms with Crippen LogP contribution in [0.2, 0.25) is 0 Å². The van der Waals surface area contributed by atoms with Crippen LogP contribution in [0.3, 0.4) is 0 Å². The van der Waals surface area contributed by atoms with Crippen molar-refractivity contribution in [1.82, 2.24) is 4.90 Å². The van der Waals surface area contributed by atoms with Crippen LogP contribution in [-0.4, -0.2) is 115 Å². The number of piperidine rings is 1. The van der Waals surface area contributed by atoms with Crippen LogP contribution >= 0.6 is 0 Å². The lowest BCUT2D eigenvalue weighted by Gasteiger charge is -2.42. The van der Waals surface area contributed by atoms with Gasteiger partial charge in [-0.25, -0.2) is 4.79 Å². The maximum atomic E-state index is 14.2. The maximum Gasteiger partial charge on any atom is 0.329 e. The predicted molar refractivity (Wildman–Crippen MR) is 239 cm³/mol. The number of allylic oxidation sites excluding steroid dienone is 6. The molecule has 1 aliphatic carbocycles. The first-order chi connectivity index (χ1) is 29.7. The minimum absolute atomic E-state index is 0.0547. The van der Waals surface area contributed by atoms with Crippen LogP contribution in [0, 0.1) is 35.5 Å². The molecule has 1 amide bonds. The summed E-state index contributed by atoms with van der Waals surface area (Å²) in [5.41, 5.74) is 1.11. The maximum absolute atomic E-state index is 14.2. The van der Waals surface area contributed by atoms with Crippen molar-refractivity contribution < 1.29 is 59.0 Å². The molecular formula is C50H77NO12. The van der Waals surface area contributed by atoms with E-state index in [0.717, 1.165) is 12.8 Å². The standard InChI is InChI=1S/C50H77NO12/c1-30-13-9-8-10-14-31(2)43(55)28-40-21-16-36(7)50(61,63-40)47(58)48(59)51-22-12-11-15-41(51)49(60)62-46(35(6)25-37-17-19-38(52)20-18-37)27-39(53)26-42(54)33(4)24-34(5)45(57)29-44(56)32(3)23-30/h8-10,13-14,24,30,32-33,35-41,43,45-46,52-53,55,57,61H,11-12,15-23,25-29H2,1-7H3/b10-8+,13-9+,31-14+,34-24+/t30-,32+,33-,35-,36-,37?,38?,39?,40+,41+,43+,45+,46+,50-/m1/s1. The molecule has 3 heterocycles. The number of aliphatic hydroxyl groups is 5. The molecule has 2 saturated heterocycles. The average Bonchev–Trinajstić information content (AvgIpc) is 3.24. The monoisotopic (exact) mass is 884 g/mol. The van der Waals surface area contributed by atoms with Gasteiger partial charge in [-0.1, -0.05) is 71.1 Å². The first-order valence-electron chi connectivity index (χ1n) is 23.6. The molecule has 0 spiro atoms. The molecule has 1 unspecified atom stereocenters. The van der Waals surface area contributed by atoms with Gasteiger partial charge in [0.05, 0.1) is 30.5 Å². The second kappa shape index (κ2) is 24.3. The molecule has 4 rings (SSSR count). The largest absolute Gasteiger partial charge is 0.460 e. The normalized spacial score (nSPS) is 40.5. The molecule has 1 saturated carbocycles. The third-order valence-corrected chi connectivity index (χ3v) is 14.1. The second-order valence-electron chi connectivity index (χ2n) is 19.6. The Morgan fingerprint density at radius 1 is 0.762 bits per heavy atom. The van der Waals surface area contributed by atoms with Crippen LogP contribution in [0.4, 0.5) is 0 Å². The number of carbonyl (C=O) groups excluding carboxylic acids is 5. The summed E-state index contributed by atoms with van der Waals surface area (Å²) in [6, 6.07) is -1.13. The van der Waals surface area contributed by atoms with Gasteiger partial charge in [-0.05, 0) is 113 Å². The number of nitrogens with zero attached hydrogens (tertiary/aromatic N) is 1. The molecule has 12 atom stereocenters. The smallest absolute Gasteiger partial charge is 0.329 e. The molecule has 3 aliphatic heterocycles. The van der Waals surface area contributed by atoms with Crippen LogP contribution in [0.25, 0.3) is 0 Å². The van der Waals surface area contributed by atoms with Crippen molar-refractivity contribution in [1.29, 1.82) is 0 Å². The molecule has 2 bridgehead atoms. The zero-order valence-corrected chi connectivity index (χ0v) is 38.8. The summed E-state index contributed by atoms with van der Waals surface area (Å²) in [5, 5.41) is 55.3. The number of hydrogen-bond donors (Lipinski definition) is 5. The third kappa shape index (κ3) is 15.1. The lowest BCUT2D eigenvalue weighted by atomic mass is 9.80. The van der Waals surface area contributed by atoms with Gasteiger partial charge < -0.3 is 39.9 Å². The Hall–Kier alpha value is -3.33. The summed E-state index contributed by atoms with van der Waals surface area (Å²) < 4.78 is 12.2. The van der Waals surface area contributed by atoms with E-state index >= 15 is 0 Å². The number of ketones is 3. The van der Waals surface area contributed by atoms with Gasteiger partial charge in [-0.15, -0.1) is 0 Å². The fraction of sp³-hybridized carbons (Fsp3) is 0.740. The van der Waals surface area contributed by atoms with Gasteiger partial charge in [-0.3, -0.25) is 19.2 Å². The van der Waals surface area contributed by atoms with E-state index in [4.69, 9.17) is 9.47 Å². The van der Waals surface area contributed by atoms with Crippen LogP contribution in [0.5, 0.6) is 0 Å². The number of esters is 1. The summed E-state index contributed by atoms with van der Waals surface area (Å²) in [4.78, 5) is 70.1. The van der Waals surface area contributed by atoms with E-state index in [1.165, 1.54) is 4.90 Å². The Labute approximate surface area is 375 Å². The van der Waals surface area contributed by atoms with Crippen LogP contribution in [-0.2, 0) is 33.4 Å². The fourth-order valence-corrected chi connectivity index (χ4v) is 9.65.